The summed E-state index contributed by atoms with van der Waals surface area (Å²) in [6, 6.07) is 0. The molecule has 5 nitrogen and oxygen atoms in total. The number of likely N-dealkylation sites (tertiary alicyclic amines) is 1. The summed E-state index contributed by atoms with van der Waals surface area (Å²) in [6.07, 6.45) is 7.50. The minimum atomic E-state index is -0.705. The van der Waals surface area contributed by atoms with Crippen LogP contribution in [0, 0.1) is 5.92 Å². The van der Waals surface area contributed by atoms with Crippen LogP contribution in [0.1, 0.15) is 51.4 Å². The summed E-state index contributed by atoms with van der Waals surface area (Å²) in [6.45, 7) is 1.87. The molecule has 1 saturated carbocycles. The highest BCUT2D eigenvalue weighted by Gasteiger charge is 2.27. The second kappa shape index (κ2) is 7.62. The molecule has 2 aliphatic rings. The molecule has 0 aromatic heterocycles. The van der Waals surface area contributed by atoms with Gasteiger partial charge in [0, 0.05) is 13.1 Å². The summed E-state index contributed by atoms with van der Waals surface area (Å²) < 4.78 is 5.68. The van der Waals surface area contributed by atoms with Crippen LogP contribution >= 0.6 is 0 Å². The molecule has 2 rings (SSSR count). The van der Waals surface area contributed by atoms with Crippen molar-refractivity contribution in [3.63, 3.8) is 0 Å². The summed E-state index contributed by atoms with van der Waals surface area (Å²) in [4.78, 5) is 24.9. The van der Waals surface area contributed by atoms with Gasteiger partial charge in [0.1, 0.15) is 6.61 Å². The number of hydrogen-bond acceptors (Lipinski definition) is 3. The van der Waals surface area contributed by atoms with Crippen molar-refractivity contribution in [2.24, 2.45) is 5.92 Å². The number of nitrogens with zero attached hydrogens (tertiary/aromatic N) is 1. The fourth-order valence-corrected chi connectivity index (χ4v) is 3.08. The molecule has 20 heavy (non-hydrogen) atoms. The van der Waals surface area contributed by atoms with Gasteiger partial charge in [0.05, 0.1) is 12.0 Å². The van der Waals surface area contributed by atoms with Crippen LogP contribution < -0.4 is 0 Å². The number of carboxylic acid groups (broad SMARTS) is 1. The average molecular weight is 283 g/mol. The summed E-state index contributed by atoms with van der Waals surface area (Å²) >= 11 is 0. The van der Waals surface area contributed by atoms with E-state index in [0.717, 1.165) is 38.8 Å². The van der Waals surface area contributed by atoms with E-state index in [0.29, 0.717) is 12.8 Å². The first-order valence-electron chi connectivity index (χ1n) is 7.79. The topological polar surface area (TPSA) is 66.8 Å². The zero-order valence-corrected chi connectivity index (χ0v) is 12.1. The van der Waals surface area contributed by atoms with Gasteiger partial charge in [-0.05, 0) is 38.5 Å². The molecule has 0 aromatic rings. The largest absolute Gasteiger partial charge is 0.481 e. The van der Waals surface area contributed by atoms with Gasteiger partial charge in [0.15, 0.2) is 0 Å². The van der Waals surface area contributed by atoms with E-state index in [1.165, 1.54) is 12.8 Å². The third-order valence-corrected chi connectivity index (χ3v) is 4.42. The van der Waals surface area contributed by atoms with Gasteiger partial charge >= 0.3 is 5.97 Å². The molecule has 1 aliphatic heterocycles. The zero-order valence-electron chi connectivity index (χ0n) is 12.1. The lowest BCUT2D eigenvalue weighted by atomic mass is 9.87. The lowest BCUT2D eigenvalue weighted by Crippen LogP contribution is -2.36. The molecule has 1 heterocycles. The lowest BCUT2D eigenvalue weighted by Gasteiger charge is -2.27. The predicted molar refractivity (Wildman–Crippen MR) is 74.4 cm³/mol. The quantitative estimate of drug-likeness (QED) is 0.857. The SMILES string of the molecule is O=C(O)C1CCC(OCC(=O)N2CCCCCC2)CC1. The summed E-state index contributed by atoms with van der Waals surface area (Å²) in [5.74, 6) is -0.840. The second-order valence-electron chi connectivity index (χ2n) is 5.92. The van der Waals surface area contributed by atoms with Crippen LogP contribution in [0.2, 0.25) is 0 Å². The Labute approximate surface area is 120 Å². The van der Waals surface area contributed by atoms with Crippen molar-refractivity contribution in [1.29, 1.82) is 0 Å². The highest BCUT2D eigenvalue weighted by molar-refractivity contribution is 5.77. The Balaban J connectivity index is 1.67. The van der Waals surface area contributed by atoms with E-state index in [4.69, 9.17) is 9.84 Å². The van der Waals surface area contributed by atoms with E-state index in [-0.39, 0.29) is 24.5 Å². The van der Waals surface area contributed by atoms with Gasteiger partial charge in [-0.25, -0.2) is 0 Å². The van der Waals surface area contributed by atoms with Crippen molar-refractivity contribution in [1.82, 2.24) is 4.90 Å². The van der Waals surface area contributed by atoms with E-state index < -0.39 is 5.97 Å². The van der Waals surface area contributed by atoms with Crippen LogP contribution in [0.3, 0.4) is 0 Å². The first-order chi connectivity index (χ1) is 9.66. The normalized spacial score (nSPS) is 27.9. The Hall–Kier alpha value is -1.10. The first-order valence-corrected chi connectivity index (χ1v) is 7.79. The molecule has 0 radical (unpaired) electrons. The number of hydrogen-bond donors (Lipinski definition) is 1. The van der Waals surface area contributed by atoms with Crippen molar-refractivity contribution < 1.29 is 19.4 Å². The summed E-state index contributed by atoms with van der Waals surface area (Å²) in [5, 5.41) is 8.94. The van der Waals surface area contributed by atoms with Gasteiger partial charge in [-0.1, -0.05) is 12.8 Å². The molecule has 2 fully saturated rings. The smallest absolute Gasteiger partial charge is 0.306 e. The number of amides is 1. The number of carbonyl (C=O) groups excluding carboxylic acids is 1. The molecule has 1 saturated heterocycles. The number of carboxylic acids is 1. The van der Waals surface area contributed by atoms with Crippen LogP contribution in [0.25, 0.3) is 0 Å². The van der Waals surface area contributed by atoms with Gasteiger partial charge in [-0.15, -0.1) is 0 Å². The van der Waals surface area contributed by atoms with Crippen LogP contribution in [0.5, 0.6) is 0 Å². The van der Waals surface area contributed by atoms with Crippen LogP contribution in [0.4, 0.5) is 0 Å². The van der Waals surface area contributed by atoms with E-state index >= 15 is 0 Å². The van der Waals surface area contributed by atoms with Gasteiger partial charge in [-0.2, -0.15) is 0 Å². The Morgan fingerprint density at radius 1 is 1.00 bits per heavy atom. The number of aliphatic carboxylic acids is 1. The van der Waals surface area contributed by atoms with E-state index in [1.54, 1.807) is 0 Å². The maximum Gasteiger partial charge on any atom is 0.306 e. The zero-order chi connectivity index (χ0) is 14.4. The van der Waals surface area contributed by atoms with Crippen molar-refractivity contribution in [2.75, 3.05) is 19.7 Å². The van der Waals surface area contributed by atoms with Crippen LogP contribution in [-0.4, -0.2) is 47.7 Å². The highest BCUT2D eigenvalue weighted by Crippen LogP contribution is 2.26. The minimum absolute atomic E-state index is 0.0570. The Morgan fingerprint density at radius 2 is 1.60 bits per heavy atom. The standard InChI is InChI=1S/C15H25NO4/c17-14(16-9-3-1-2-4-10-16)11-20-13-7-5-12(6-8-13)15(18)19/h12-13H,1-11H2,(H,18,19). The molecular weight excluding hydrogens is 258 g/mol. The molecule has 1 amide bonds. The molecule has 0 bridgehead atoms. The molecule has 1 aliphatic carbocycles. The van der Waals surface area contributed by atoms with Gasteiger partial charge in [0.2, 0.25) is 5.91 Å². The summed E-state index contributed by atoms with van der Waals surface area (Å²) in [7, 11) is 0. The molecule has 0 spiro atoms. The predicted octanol–water partition coefficient (Wildman–Crippen LogP) is 2.05. The Bertz CT molecular complexity index is 329. The fourth-order valence-electron chi connectivity index (χ4n) is 3.08. The Kier molecular flexibility index (Phi) is 5.83. The average Bonchev–Trinajstić information content (AvgIpc) is 2.74. The summed E-state index contributed by atoms with van der Waals surface area (Å²) in [5.41, 5.74) is 0. The van der Waals surface area contributed by atoms with E-state index in [1.807, 2.05) is 4.90 Å². The van der Waals surface area contributed by atoms with Crippen molar-refractivity contribution in [2.45, 2.75) is 57.5 Å². The van der Waals surface area contributed by atoms with Crippen molar-refractivity contribution in [3.05, 3.63) is 0 Å². The fraction of sp³-hybridized carbons (Fsp3) is 0.867. The second-order valence-corrected chi connectivity index (χ2v) is 5.92. The van der Waals surface area contributed by atoms with Crippen molar-refractivity contribution in [3.8, 4) is 0 Å². The third-order valence-electron chi connectivity index (χ3n) is 4.42. The monoisotopic (exact) mass is 283 g/mol. The van der Waals surface area contributed by atoms with Crippen LogP contribution in [0.15, 0.2) is 0 Å². The maximum absolute atomic E-state index is 12.1. The molecule has 0 atom stereocenters. The maximum atomic E-state index is 12.1. The minimum Gasteiger partial charge on any atom is -0.481 e. The van der Waals surface area contributed by atoms with Crippen molar-refractivity contribution >= 4 is 11.9 Å². The highest BCUT2D eigenvalue weighted by atomic mass is 16.5. The van der Waals surface area contributed by atoms with Gasteiger partial charge in [-0.3, -0.25) is 9.59 Å². The van der Waals surface area contributed by atoms with E-state index in [2.05, 4.69) is 0 Å². The Morgan fingerprint density at radius 3 is 2.15 bits per heavy atom. The van der Waals surface area contributed by atoms with Gasteiger partial charge < -0.3 is 14.7 Å². The third kappa shape index (κ3) is 4.47. The molecule has 0 aromatic carbocycles. The number of carbonyl (C=O) groups is 2. The molecular formula is C15H25NO4. The molecule has 5 heteroatoms. The van der Waals surface area contributed by atoms with Crippen LogP contribution in [-0.2, 0) is 14.3 Å². The first kappa shape index (κ1) is 15.3. The number of rotatable bonds is 4. The lowest BCUT2D eigenvalue weighted by molar-refractivity contribution is -0.146. The molecule has 0 unspecified atom stereocenters. The van der Waals surface area contributed by atoms with Gasteiger partial charge in [0.25, 0.3) is 0 Å². The number of ether oxygens (including phenoxy) is 1. The van der Waals surface area contributed by atoms with E-state index in [9.17, 15) is 9.59 Å². The molecule has 114 valence electrons. The molecule has 1 N–H and O–H groups in total.